The summed E-state index contributed by atoms with van der Waals surface area (Å²) in [5.74, 6) is 0.554. The molecule has 1 heterocycles. The molecule has 1 aromatic rings. The number of methoxy groups -OCH3 is 1. The first kappa shape index (κ1) is 30.2. The Morgan fingerprint density at radius 2 is 1.74 bits per heavy atom. The summed E-state index contributed by atoms with van der Waals surface area (Å²) in [5.41, 5.74) is -0.0420. The van der Waals surface area contributed by atoms with Gasteiger partial charge < -0.3 is 30.0 Å². The van der Waals surface area contributed by atoms with Crippen molar-refractivity contribution in [2.24, 2.45) is 0 Å². The summed E-state index contributed by atoms with van der Waals surface area (Å²) in [4.78, 5) is 28.8. The van der Waals surface area contributed by atoms with Crippen molar-refractivity contribution in [3.05, 3.63) is 35.9 Å². The van der Waals surface area contributed by atoms with Crippen molar-refractivity contribution in [1.82, 2.24) is 20.9 Å². The molecule has 1 aromatic heterocycles. The van der Waals surface area contributed by atoms with Gasteiger partial charge in [0.25, 0.3) is 5.91 Å². The number of hydrogen-bond donors (Lipinski definition) is 4. The van der Waals surface area contributed by atoms with Crippen molar-refractivity contribution in [1.29, 1.82) is 0 Å². The molecule has 0 saturated carbocycles. The van der Waals surface area contributed by atoms with Crippen LogP contribution in [0.5, 0.6) is 5.75 Å². The van der Waals surface area contributed by atoms with Crippen LogP contribution in [0.15, 0.2) is 24.5 Å². The van der Waals surface area contributed by atoms with Crippen LogP contribution < -0.4 is 20.7 Å². The van der Waals surface area contributed by atoms with E-state index in [1.165, 1.54) is 7.11 Å². The van der Waals surface area contributed by atoms with Gasteiger partial charge >= 0.3 is 6.09 Å². The van der Waals surface area contributed by atoms with Crippen LogP contribution in [-0.2, 0) is 14.3 Å². The Balaban J connectivity index is 2.68. The van der Waals surface area contributed by atoms with Crippen LogP contribution in [0.25, 0.3) is 0 Å². The average Bonchev–Trinajstić information content (AvgIpc) is 2.71. The zero-order chi connectivity index (χ0) is 26.8. The molecule has 0 bridgehead atoms. The van der Waals surface area contributed by atoms with E-state index in [1.54, 1.807) is 46.8 Å². The number of amides is 2. The predicted octanol–water partition coefficient (Wildman–Crippen LogP) is 2.71. The second-order valence-corrected chi connectivity index (χ2v) is 9.93. The minimum Gasteiger partial charge on any atom is -0.491 e. The van der Waals surface area contributed by atoms with Gasteiger partial charge in [-0.25, -0.2) is 4.79 Å². The smallest absolute Gasteiger partial charge is 0.413 e. The highest BCUT2D eigenvalue weighted by molar-refractivity contribution is 5.84. The standard InChI is InChI=1S/C25H42N4O6/c1-16-13-19(14-17(2)27-16)34-15-21(30)20(29-22(31)25(7,8)33-9)11-10-12-26-18(3)28-23(32)35-24(4,5)6/h13-14,20-21,26,30H,3,10-12,15H2,1-2,4-9H3,(H,28,32)(H,29,31)/t20-,21?/m0/s1. The van der Waals surface area contributed by atoms with Crippen LogP contribution in [0.2, 0.25) is 0 Å². The highest BCUT2D eigenvalue weighted by atomic mass is 16.6. The van der Waals surface area contributed by atoms with Crippen LogP contribution in [0, 0.1) is 13.8 Å². The lowest BCUT2D eigenvalue weighted by Gasteiger charge is -2.29. The summed E-state index contributed by atoms with van der Waals surface area (Å²) in [6.07, 6.45) is -0.561. The van der Waals surface area contributed by atoms with Crippen molar-refractivity contribution in [2.45, 2.75) is 84.7 Å². The summed E-state index contributed by atoms with van der Waals surface area (Å²) in [7, 11) is 1.45. The lowest BCUT2D eigenvalue weighted by molar-refractivity contribution is -0.141. The van der Waals surface area contributed by atoms with Gasteiger partial charge in [-0.2, -0.15) is 0 Å². The molecule has 1 unspecified atom stereocenters. The number of nitrogens with one attached hydrogen (secondary N) is 3. The SMILES string of the molecule is C=C(NCCC[C@H](NC(=O)C(C)(C)OC)C(O)COc1cc(C)nc(C)c1)NC(=O)OC(C)(C)C. The number of nitrogens with zero attached hydrogens (tertiary/aromatic N) is 1. The number of aromatic nitrogens is 1. The highest BCUT2D eigenvalue weighted by Gasteiger charge is 2.31. The minimum atomic E-state index is -1.05. The highest BCUT2D eigenvalue weighted by Crippen LogP contribution is 2.16. The molecular weight excluding hydrogens is 452 g/mol. The molecule has 2 atom stereocenters. The third-order valence-corrected chi connectivity index (χ3v) is 5.00. The number of aliphatic hydroxyl groups is 1. The molecule has 0 radical (unpaired) electrons. The van der Waals surface area contributed by atoms with E-state index in [2.05, 4.69) is 27.5 Å². The number of carbonyl (C=O) groups is 2. The Labute approximate surface area is 208 Å². The lowest BCUT2D eigenvalue weighted by atomic mass is 10.0. The fourth-order valence-corrected chi connectivity index (χ4v) is 3.01. The third kappa shape index (κ3) is 11.9. The maximum atomic E-state index is 12.7. The van der Waals surface area contributed by atoms with Gasteiger partial charge in [-0.1, -0.05) is 6.58 Å². The maximum absolute atomic E-state index is 12.7. The van der Waals surface area contributed by atoms with Crippen molar-refractivity contribution in [2.75, 3.05) is 20.3 Å². The molecule has 35 heavy (non-hydrogen) atoms. The Morgan fingerprint density at radius 1 is 1.14 bits per heavy atom. The van der Waals surface area contributed by atoms with Gasteiger partial charge in [0.2, 0.25) is 0 Å². The maximum Gasteiger partial charge on any atom is 0.413 e. The van der Waals surface area contributed by atoms with E-state index >= 15 is 0 Å². The van der Waals surface area contributed by atoms with Crippen LogP contribution in [0.4, 0.5) is 4.79 Å². The van der Waals surface area contributed by atoms with Gasteiger partial charge in [0.1, 0.15) is 35.5 Å². The second kappa shape index (κ2) is 13.3. The van der Waals surface area contributed by atoms with Crippen LogP contribution in [0.3, 0.4) is 0 Å². The first-order valence-electron chi connectivity index (χ1n) is 11.7. The van der Waals surface area contributed by atoms with E-state index < -0.39 is 29.4 Å². The second-order valence-electron chi connectivity index (χ2n) is 9.93. The van der Waals surface area contributed by atoms with E-state index in [0.29, 0.717) is 31.0 Å². The molecule has 0 aliphatic heterocycles. The number of pyridine rings is 1. The number of rotatable bonds is 13. The van der Waals surface area contributed by atoms with Crippen molar-refractivity contribution in [3.8, 4) is 5.75 Å². The number of aliphatic hydroxyl groups excluding tert-OH is 1. The van der Waals surface area contributed by atoms with Crippen molar-refractivity contribution >= 4 is 12.0 Å². The Hall–Kier alpha value is -2.85. The number of alkyl carbamates (subject to hydrolysis) is 1. The molecule has 10 nitrogen and oxygen atoms in total. The Kier molecular flexibility index (Phi) is 11.5. The van der Waals surface area contributed by atoms with Gasteiger partial charge in [0.05, 0.1) is 6.04 Å². The molecule has 198 valence electrons. The van der Waals surface area contributed by atoms with E-state index in [4.69, 9.17) is 14.2 Å². The molecule has 2 amide bonds. The zero-order valence-corrected chi connectivity index (χ0v) is 22.3. The van der Waals surface area contributed by atoms with Crippen LogP contribution in [-0.4, -0.2) is 65.7 Å². The monoisotopic (exact) mass is 494 g/mol. The summed E-state index contributed by atoms with van der Waals surface area (Å²) in [6.45, 7) is 16.5. The average molecular weight is 495 g/mol. The van der Waals surface area contributed by atoms with Gasteiger partial charge in [-0.15, -0.1) is 0 Å². The summed E-state index contributed by atoms with van der Waals surface area (Å²) in [6, 6.07) is 2.98. The normalized spacial score (nSPS) is 13.4. The first-order valence-corrected chi connectivity index (χ1v) is 11.7. The fraction of sp³-hybridized carbons (Fsp3) is 0.640. The van der Waals surface area contributed by atoms with E-state index in [0.717, 1.165) is 11.4 Å². The summed E-state index contributed by atoms with van der Waals surface area (Å²) in [5, 5.41) is 19.2. The third-order valence-electron chi connectivity index (χ3n) is 5.00. The molecule has 0 saturated heterocycles. The van der Waals surface area contributed by atoms with Gasteiger partial charge in [-0.05, 0) is 61.3 Å². The number of hydrogen-bond acceptors (Lipinski definition) is 8. The molecule has 1 rings (SSSR count). The minimum absolute atomic E-state index is 0.0123. The van der Waals surface area contributed by atoms with E-state index in [-0.39, 0.29) is 12.5 Å². The van der Waals surface area contributed by atoms with Crippen LogP contribution >= 0.6 is 0 Å². The zero-order valence-electron chi connectivity index (χ0n) is 22.3. The molecule has 0 spiro atoms. The molecule has 0 aliphatic rings. The number of aryl methyl sites for hydroxylation is 2. The van der Waals surface area contributed by atoms with Gasteiger partial charge in [0, 0.05) is 37.2 Å². The fourth-order valence-electron chi connectivity index (χ4n) is 3.01. The van der Waals surface area contributed by atoms with E-state index in [1.807, 2.05) is 13.8 Å². The number of carbonyl (C=O) groups excluding carboxylic acids is 2. The van der Waals surface area contributed by atoms with Crippen molar-refractivity contribution in [3.63, 3.8) is 0 Å². The predicted molar refractivity (Wildman–Crippen MR) is 134 cm³/mol. The molecule has 4 N–H and O–H groups in total. The van der Waals surface area contributed by atoms with E-state index in [9.17, 15) is 14.7 Å². The molecule has 0 aromatic carbocycles. The summed E-state index contributed by atoms with van der Waals surface area (Å²) < 4.78 is 16.2. The Morgan fingerprint density at radius 3 is 2.29 bits per heavy atom. The largest absolute Gasteiger partial charge is 0.491 e. The summed E-state index contributed by atoms with van der Waals surface area (Å²) >= 11 is 0. The molecule has 10 heteroatoms. The topological polar surface area (TPSA) is 131 Å². The van der Waals surface area contributed by atoms with Crippen LogP contribution in [0.1, 0.15) is 58.8 Å². The molecule has 0 fully saturated rings. The molecule has 0 aliphatic carbocycles. The lowest BCUT2D eigenvalue weighted by Crippen LogP contribution is -2.53. The number of ether oxygens (including phenoxy) is 3. The van der Waals surface area contributed by atoms with Crippen molar-refractivity contribution < 1.29 is 28.9 Å². The first-order chi connectivity index (χ1) is 16.1. The van der Waals surface area contributed by atoms with Gasteiger partial charge in [-0.3, -0.25) is 15.1 Å². The van der Waals surface area contributed by atoms with Gasteiger partial charge in [0.15, 0.2) is 0 Å². The molecular formula is C25H42N4O6. The quantitative estimate of drug-likeness (QED) is 0.308. The Bertz CT molecular complexity index is 846.